The SMILES string of the molecule is O=[SH](=O)NCc1cc[nH]n1. The van der Waals surface area contributed by atoms with Crippen molar-refractivity contribution >= 4 is 10.9 Å². The first-order valence-electron chi connectivity index (χ1n) is 2.65. The third-order valence-corrected chi connectivity index (χ3v) is 1.36. The second-order valence-electron chi connectivity index (χ2n) is 1.66. The Kier molecular flexibility index (Phi) is 2.41. The van der Waals surface area contributed by atoms with Crippen LogP contribution in [-0.2, 0) is 17.4 Å². The third kappa shape index (κ3) is 2.16. The van der Waals surface area contributed by atoms with Crippen LogP contribution in [0.2, 0.25) is 0 Å². The Morgan fingerprint density at radius 3 is 3.00 bits per heavy atom. The summed E-state index contributed by atoms with van der Waals surface area (Å²) in [4.78, 5) is 0. The molecule has 1 aromatic rings. The molecule has 1 heterocycles. The van der Waals surface area contributed by atoms with Crippen molar-refractivity contribution in [3.8, 4) is 0 Å². The van der Waals surface area contributed by atoms with E-state index >= 15 is 0 Å². The van der Waals surface area contributed by atoms with Crippen LogP contribution in [0.3, 0.4) is 0 Å². The van der Waals surface area contributed by atoms with Crippen molar-refractivity contribution in [2.75, 3.05) is 0 Å². The molecular weight excluding hydrogens is 154 g/mol. The molecule has 1 rings (SSSR count). The van der Waals surface area contributed by atoms with Crippen molar-refractivity contribution in [2.24, 2.45) is 0 Å². The van der Waals surface area contributed by atoms with E-state index in [-0.39, 0.29) is 6.54 Å². The second kappa shape index (κ2) is 3.33. The molecule has 0 saturated heterocycles. The third-order valence-electron chi connectivity index (χ3n) is 0.948. The first-order valence-corrected chi connectivity index (χ1v) is 3.83. The largest absolute Gasteiger partial charge is 0.285 e. The van der Waals surface area contributed by atoms with Crippen LogP contribution in [0.1, 0.15) is 5.69 Å². The maximum atomic E-state index is 9.98. The van der Waals surface area contributed by atoms with Gasteiger partial charge in [-0.2, -0.15) is 5.10 Å². The number of thiol groups is 1. The number of aromatic nitrogens is 2. The van der Waals surface area contributed by atoms with E-state index in [1.807, 2.05) is 0 Å². The molecule has 0 aliphatic carbocycles. The number of hydrogen-bond acceptors (Lipinski definition) is 3. The molecule has 0 aromatic carbocycles. The first kappa shape index (κ1) is 7.23. The predicted octanol–water partition coefficient (Wildman–Crippen LogP) is -0.974. The maximum Gasteiger partial charge on any atom is 0.201 e. The van der Waals surface area contributed by atoms with Gasteiger partial charge in [-0.25, -0.2) is 13.1 Å². The Hall–Kier alpha value is -0.880. The summed E-state index contributed by atoms with van der Waals surface area (Å²) in [5.41, 5.74) is 0.680. The molecule has 0 amide bonds. The minimum absolute atomic E-state index is 0.252. The number of hydrogen-bond donors (Lipinski definition) is 3. The van der Waals surface area contributed by atoms with Gasteiger partial charge in [0.15, 0.2) is 0 Å². The smallest absolute Gasteiger partial charge is 0.201 e. The quantitative estimate of drug-likeness (QED) is 0.499. The van der Waals surface area contributed by atoms with E-state index in [1.165, 1.54) is 0 Å². The van der Waals surface area contributed by atoms with Gasteiger partial charge in [-0.3, -0.25) is 5.10 Å². The highest BCUT2D eigenvalue weighted by molar-refractivity contribution is 7.70. The van der Waals surface area contributed by atoms with Crippen molar-refractivity contribution in [1.82, 2.24) is 14.9 Å². The van der Waals surface area contributed by atoms with Crippen LogP contribution < -0.4 is 4.72 Å². The molecule has 6 heteroatoms. The van der Waals surface area contributed by atoms with Gasteiger partial charge in [0.05, 0.1) is 12.2 Å². The molecule has 2 N–H and O–H groups in total. The van der Waals surface area contributed by atoms with Gasteiger partial charge in [-0.15, -0.1) is 0 Å². The minimum atomic E-state index is -2.51. The molecule has 0 aliphatic rings. The topological polar surface area (TPSA) is 74.8 Å². The van der Waals surface area contributed by atoms with Gasteiger partial charge >= 0.3 is 0 Å². The molecule has 56 valence electrons. The molecule has 10 heavy (non-hydrogen) atoms. The van der Waals surface area contributed by atoms with Gasteiger partial charge in [-0.1, -0.05) is 0 Å². The summed E-state index contributed by atoms with van der Waals surface area (Å²) in [6.07, 6.45) is 1.63. The Labute approximate surface area is 59.5 Å². The molecule has 0 radical (unpaired) electrons. The molecule has 0 fully saturated rings. The van der Waals surface area contributed by atoms with E-state index in [0.717, 1.165) is 0 Å². The van der Waals surface area contributed by atoms with Crippen molar-refractivity contribution in [3.05, 3.63) is 18.0 Å². The van der Waals surface area contributed by atoms with Gasteiger partial charge in [0.25, 0.3) is 0 Å². The molecule has 0 spiro atoms. The molecule has 1 aromatic heterocycles. The second-order valence-corrected chi connectivity index (χ2v) is 2.49. The summed E-state index contributed by atoms with van der Waals surface area (Å²) in [5, 5.41) is 6.30. The van der Waals surface area contributed by atoms with E-state index in [1.54, 1.807) is 12.3 Å². The van der Waals surface area contributed by atoms with E-state index in [0.29, 0.717) is 5.69 Å². The number of nitrogens with one attached hydrogen (secondary N) is 2. The monoisotopic (exact) mass is 161 g/mol. The summed E-state index contributed by atoms with van der Waals surface area (Å²) in [5.74, 6) is 0. The molecule has 0 atom stereocenters. The lowest BCUT2D eigenvalue weighted by molar-refractivity contribution is 0.600. The van der Waals surface area contributed by atoms with Gasteiger partial charge in [0.2, 0.25) is 10.9 Å². The first-order chi connectivity index (χ1) is 4.79. The molecule has 0 unspecified atom stereocenters. The zero-order valence-corrected chi connectivity index (χ0v) is 5.97. The number of H-pyrrole nitrogens is 1. The highest BCUT2D eigenvalue weighted by Crippen LogP contribution is 1.88. The molecule has 0 saturated carbocycles. The van der Waals surface area contributed by atoms with Crippen LogP contribution in [0.15, 0.2) is 12.3 Å². The lowest BCUT2D eigenvalue weighted by Crippen LogP contribution is -2.10. The summed E-state index contributed by atoms with van der Waals surface area (Å²) in [6, 6.07) is 1.70. The van der Waals surface area contributed by atoms with E-state index in [4.69, 9.17) is 0 Å². The fourth-order valence-electron chi connectivity index (χ4n) is 0.535. The molecule has 0 bridgehead atoms. The van der Waals surface area contributed by atoms with Crippen LogP contribution in [0.25, 0.3) is 0 Å². The maximum absolute atomic E-state index is 9.98. The Morgan fingerprint density at radius 1 is 1.70 bits per heavy atom. The van der Waals surface area contributed by atoms with Crippen molar-refractivity contribution in [1.29, 1.82) is 0 Å². The Balaban J connectivity index is 2.42. The highest BCUT2D eigenvalue weighted by atomic mass is 32.2. The normalized spacial score (nSPS) is 10.5. The number of aromatic amines is 1. The zero-order valence-electron chi connectivity index (χ0n) is 5.07. The summed E-state index contributed by atoms with van der Waals surface area (Å²) in [6.45, 7) is 0.252. The van der Waals surface area contributed by atoms with Crippen LogP contribution in [-0.4, -0.2) is 18.6 Å². The predicted molar refractivity (Wildman–Crippen MR) is 35.7 cm³/mol. The summed E-state index contributed by atoms with van der Waals surface area (Å²) < 4.78 is 22.2. The fraction of sp³-hybridized carbons (Fsp3) is 0.250. The van der Waals surface area contributed by atoms with Crippen molar-refractivity contribution in [3.63, 3.8) is 0 Å². The van der Waals surface area contributed by atoms with Crippen molar-refractivity contribution < 1.29 is 8.42 Å². The minimum Gasteiger partial charge on any atom is -0.285 e. The number of rotatable bonds is 3. The van der Waals surface area contributed by atoms with Gasteiger partial charge in [0.1, 0.15) is 0 Å². The van der Waals surface area contributed by atoms with Gasteiger partial charge in [-0.05, 0) is 6.07 Å². The van der Waals surface area contributed by atoms with Gasteiger partial charge < -0.3 is 0 Å². The van der Waals surface area contributed by atoms with Crippen LogP contribution >= 0.6 is 0 Å². The fourth-order valence-corrected chi connectivity index (χ4v) is 0.826. The van der Waals surface area contributed by atoms with Gasteiger partial charge in [0, 0.05) is 6.20 Å². The highest BCUT2D eigenvalue weighted by Gasteiger charge is 1.91. The molecule has 0 aliphatic heterocycles. The lowest BCUT2D eigenvalue weighted by atomic mass is 10.4. The van der Waals surface area contributed by atoms with Crippen LogP contribution in [0.4, 0.5) is 0 Å². The zero-order chi connectivity index (χ0) is 7.40. The summed E-state index contributed by atoms with van der Waals surface area (Å²) in [7, 11) is -2.51. The average Bonchev–Trinajstić information content (AvgIpc) is 2.34. The van der Waals surface area contributed by atoms with Crippen LogP contribution in [0.5, 0.6) is 0 Å². The van der Waals surface area contributed by atoms with E-state index in [2.05, 4.69) is 14.9 Å². The number of nitrogens with zero attached hydrogens (tertiary/aromatic N) is 1. The van der Waals surface area contributed by atoms with E-state index in [9.17, 15) is 8.42 Å². The molecule has 5 nitrogen and oxygen atoms in total. The Bertz CT molecular complexity index is 245. The van der Waals surface area contributed by atoms with Crippen molar-refractivity contribution in [2.45, 2.75) is 6.54 Å². The summed E-state index contributed by atoms with van der Waals surface area (Å²) >= 11 is 0. The Morgan fingerprint density at radius 2 is 2.50 bits per heavy atom. The molecular formula is C4H7N3O2S. The lowest BCUT2D eigenvalue weighted by Gasteiger charge is -1.88. The van der Waals surface area contributed by atoms with E-state index < -0.39 is 10.9 Å². The standard InChI is InChI=1S/C4H7N3O2S/c8-10(9)6-3-4-1-2-5-7-4/h1-2,10H,3H2,(H,5,7)(H,6,8,9). The average molecular weight is 161 g/mol. The van der Waals surface area contributed by atoms with Crippen LogP contribution in [0, 0.1) is 0 Å².